The maximum atomic E-state index is 12.2. The van der Waals surface area contributed by atoms with Crippen LogP contribution < -0.4 is 4.72 Å². The molecule has 1 aromatic carbocycles. The van der Waals surface area contributed by atoms with E-state index in [1.54, 1.807) is 23.0 Å². The van der Waals surface area contributed by atoms with Gasteiger partial charge in [-0.1, -0.05) is 12.1 Å². The van der Waals surface area contributed by atoms with Crippen molar-refractivity contribution in [1.82, 2.24) is 9.78 Å². The van der Waals surface area contributed by atoms with Crippen LogP contribution in [0.5, 0.6) is 0 Å². The van der Waals surface area contributed by atoms with Gasteiger partial charge in [0, 0.05) is 12.2 Å². The van der Waals surface area contributed by atoms with Gasteiger partial charge in [-0.3, -0.25) is 9.40 Å². The van der Waals surface area contributed by atoms with Crippen LogP contribution in [-0.2, 0) is 16.6 Å². The summed E-state index contributed by atoms with van der Waals surface area (Å²) in [5.74, 6) is 0. The lowest BCUT2D eigenvalue weighted by Crippen LogP contribution is -2.13. The first-order valence-corrected chi connectivity index (χ1v) is 7.67. The van der Waals surface area contributed by atoms with E-state index in [9.17, 15) is 8.42 Å². The van der Waals surface area contributed by atoms with Gasteiger partial charge in [0.15, 0.2) is 0 Å². The molecule has 0 aliphatic rings. The maximum Gasteiger partial charge on any atom is 0.262 e. The Labute approximate surface area is 118 Å². The number of hydrogen-bond donors (Lipinski definition) is 2. The van der Waals surface area contributed by atoms with Crippen molar-refractivity contribution in [2.45, 2.75) is 31.4 Å². The molecule has 0 unspecified atom stereocenters. The zero-order valence-electron chi connectivity index (χ0n) is 11.3. The first kappa shape index (κ1) is 14.5. The van der Waals surface area contributed by atoms with E-state index < -0.39 is 10.0 Å². The van der Waals surface area contributed by atoms with Crippen LogP contribution in [-0.4, -0.2) is 23.3 Å². The van der Waals surface area contributed by atoms with Crippen LogP contribution in [0.4, 0.5) is 5.69 Å². The van der Waals surface area contributed by atoms with Crippen molar-refractivity contribution in [3.8, 4) is 0 Å². The smallest absolute Gasteiger partial charge is 0.262 e. The summed E-state index contributed by atoms with van der Waals surface area (Å²) in [6.07, 6.45) is 3.10. The van der Waals surface area contributed by atoms with Crippen molar-refractivity contribution in [2.24, 2.45) is 0 Å². The molecule has 1 heterocycles. The van der Waals surface area contributed by atoms with Gasteiger partial charge in [0.25, 0.3) is 10.0 Å². The molecule has 2 rings (SSSR count). The third-order valence-electron chi connectivity index (χ3n) is 2.77. The molecule has 0 radical (unpaired) electrons. The number of aliphatic hydroxyl groups excluding tert-OH is 1. The van der Waals surface area contributed by atoms with Gasteiger partial charge in [0.1, 0.15) is 0 Å². The van der Waals surface area contributed by atoms with Crippen molar-refractivity contribution in [3.05, 3.63) is 42.2 Å². The number of nitrogens with one attached hydrogen (secondary N) is 1. The third kappa shape index (κ3) is 3.17. The number of aliphatic hydroxyl groups is 1. The number of benzene rings is 1. The van der Waals surface area contributed by atoms with Gasteiger partial charge in [0.2, 0.25) is 0 Å². The molecule has 6 nitrogen and oxygen atoms in total. The van der Waals surface area contributed by atoms with Crippen molar-refractivity contribution in [2.75, 3.05) is 4.72 Å². The quantitative estimate of drug-likeness (QED) is 0.880. The van der Waals surface area contributed by atoms with Gasteiger partial charge in [-0.05, 0) is 31.5 Å². The molecular formula is C13H17N3O3S. The Kier molecular flexibility index (Phi) is 4.10. The van der Waals surface area contributed by atoms with Crippen molar-refractivity contribution in [3.63, 3.8) is 0 Å². The Morgan fingerprint density at radius 1 is 1.40 bits per heavy atom. The molecule has 0 aliphatic carbocycles. The largest absolute Gasteiger partial charge is 0.392 e. The van der Waals surface area contributed by atoms with E-state index in [0.29, 0.717) is 11.3 Å². The summed E-state index contributed by atoms with van der Waals surface area (Å²) >= 11 is 0. The predicted molar refractivity (Wildman–Crippen MR) is 75.8 cm³/mol. The third-order valence-corrected chi connectivity index (χ3v) is 4.15. The van der Waals surface area contributed by atoms with Crippen LogP contribution >= 0.6 is 0 Å². The van der Waals surface area contributed by atoms with Gasteiger partial charge in [0.05, 0.1) is 23.4 Å². The Bertz CT molecular complexity index is 692. The lowest BCUT2D eigenvalue weighted by Gasteiger charge is -2.07. The fourth-order valence-corrected chi connectivity index (χ4v) is 2.80. The number of nitrogens with zero attached hydrogens (tertiary/aromatic N) is 2. The van der Waals surface area contributed by atoms with Crippen LogP contribution in [0.15, 0.2) is 41.6 Å². The average Bonchev–Trinajstić information content (AvgIpc) is 2.87. The number of rotatable bonds is 5. The highest BCUT2D eigenvalue weighted by atomic mass is 32.2. The lowest BCUT2D eigenvalue weighted by molar-refractivity contribution is 0.281. The Balaban J connectivity index is 2.25. The van der Waals surface area contributed by atoms with Crippen LogP contribution in [0.3, 0.4) is 0 Å². The predicted octanol–water partition coefficient (Wildman–Crippen LogP) is 1.76. The van der Waals surface area contributed by atoms with Gasteiger partial charge < -0.3 is 5.11 Å². The summed E-state index contributed by atoms with van der Waals surface area (Å²) in [7, 11) is -3.67. The Morgan fingerprint density at radius 3 is 2.75 bits per heavy atom. The normalized spacial score (nSPS) is 11.8. The Morgan fingerprint density at radius 2 is 2.15 bits per heavy atom. The molecule has 0 spiro atoms. The van der Waals surface area contributed by atoms with Crippen molar-refractivity contribution >= 4 is 15.7 Å². The first-order chi connectivity index (χ1) is 9.42. The van der Waals surface area contributed by atoms with E-state index >= 15 is 0 Å². The molecule has 108 valence electrons. The van der Waals surface area contributed by atoms with E-state index in [2.05, 4.69) is 9.82 Å². The summed E-state index contributed by atoms with van der Waals surface area (Å²) < 4.78 is 28.6. The van der Waals surface area contributed by atoms with Gasteiger partial charge in [-0.2, -0.15) is 5.10 Å². The highest BCUT2D eigenvalue weighted by Crippen LogP contribution is 2.17. The van der Waals surface area contributed by atoms with E-state index in [1.165, 1.54) is 18.3 Å². The van der Waals surface area contributed by atoms with E-state index in [0.717, 1.165) is 0 Å². The summed E-state index contributed by atoms with van der Waals surface area (Å²) in [6, 6.07) is 6.34. The Hall–Kier alpha value is -1.86. The number of sulfonamides is 1. The molecule has 0 amide bonds. The summed E-state index contributed by atoms with van der Waals surface area (Å²) in [6.45, 7) is 3.71. The SMILES string of the molecule is CC(C)n1cc(NS(=O)(=O)c2cccc(CO)c2)cn1. The minimum atomic E-state index is -3.67. The molecule has 0 fully saturated rings. The van der Waals surface area contributed by atoms with Crippen molar-refractivity contribution < 1.29 is 13.5 Å². The topological polar surface area (TPSA) is 84.2 Å². The molecule has 0 bridgehead atoms. The number of aromatic nitrogens is 2. The second kappa shape index (κ2) is 5.64. The number of anilines is 1. The zero-order valence-corrected chi connectivity index (χ0v) is 12.1. The maximum absolute atomic E-state index is 12.2. The highest BCUT2D eigenvalue weighted by molar-refractivity contribution is 7.92. The minimum absolute atomic E-state index is 0.112. The first-order valence-electron chi connectivity index (χ1n) is 6.19. The molecule has 1 aromatic heterocycles. The minimum Gasteiger partial charge on any atom is -0.392 e. The molecule has 0 aliphatic heterocycles. The lowest BCUT2D eigenvalue weighted by atomic mass is 10.2. The molecule has 2 N–H and O–H groups in total. The second-order valence-electron chi connectivity index (χ2n) is 4.71. The summed E-state index contributed by atoms with van der Waals surface area (Å²) in [5.41, 5.74) is 0.957. The van der Waals surface area contributed by atoms with Crippen LogP contribution in [0, 0.1) is 0 Å². The molecule has 0 saturated heterocycles. The highest BCUT2D eigenvalue weighted by Gasteiger charge is 2.15. The number of hydrogen-bond acceptors (Lipinski definition) is 4. The monoisotopic (exact) mass is 295 g/mol. The van der Waals surface area contributed by atoms with E-state index in [4.69, 9.17) is 5.11 Å². The molecule has 0 saturated carbocycles. The molecular weight excluding hydrogens is 278 g/mol. The van der Waals surface area contributed by atoms with Gasteiger partial charge in [-0.25, -0.2) is 8.42 Å². The fraction of sp³-hybridized carbons (Fsp3) is 0.308. The van der Waals surface area contributed by atoms with Gasteiger partial charge >= 0.3 is 0 Å². The fourth-order valence-electron chi connectivity index (χ4n) is 1.70. The standard InChI is InChI=1S/C13H17N3O3S/c1-10(2)16-8-12(7-14-16)15-20(18,19)13-5-3-4-11(6-13)9-17/h3-8,10,15,17H,9H2,1-2H3. The second-order valence-corrected chi connectivity index (χ2v) is 6.40. The van der Waals surface area contributed by atoms with Crippen LogP contribution in [0.25, 0.3) is 0 Å². The zero-order chi connectivity index (χ0) is 14.8. The van der Waals surface area contributed by atoms with E-state index in [1.807, 2.05) is 13.8 Å². The van der Waals surface area contributed by atoms with Crippen molar-refractivity contribution in [1.29, 1.82) is 0 Å². The average molecular weight is 295 g/mol. The molecule has 7 heteroatoms. The van der Waals surface area contributed by atoms with Crippen LogP contribution in [0.1, 0.15) is 25.5 Å². The summed E-state index contributed by atoms with van der Waals surface area (Å²) in [5, 5.41) is 13.1. The summed E-state index contributed by atoms with van der Waals surface area (Å²) in [4.78, 5) is 0.112. The molecule has 2 aromatic rings. The van der Waals surface area contributed by atoms with E-state index in [-0.39, 0.29) is 17.5 Å². The van der Waals surface area contributed by atoms with Crippen LogP contribution in [0.2, 0.25) is 0 Å². The van der Waals surface area contributed by atoms with Gasteiger partial charge in [-0.15, -0.1) is 0 Å². The molecule has 20 heavy (non-hydrogen) atoms. The molecule has 0 atom stereocenters.